The van der Waals surface area contributed by atoms with Gasteiger partial charge in [0.15, 0.2) is 5.78 Å². The molecule has 4 fully saturated rings. The zero-order valence-corrected chi connectivity index (χ0v) is 20.6. The number of allylic oxidation sites excluding steroid dienone is 3. The smallest absolute Gasteiger partial charge is 0.164 e. The quantitative estimate of drug-likeness (QED) is 0.495. The van der Waals surface area contributed by atoms with Gasteiger partial charge in [0.05, 0.1) is 17.6 Å². The fraction of sp³-hybridized carbons (Fsp3) is 0.821. The van der Waals surface area contributed by atoms with E-state index >= 15 is 0 Å². The third kappa shape index (κ3) is 2.75. The Morgan fingerprint density at radius 2 is 1.84 bits per heavy atom. The van der Waals surface area contributed by atoms with Crippen LogP contribution in [0.3, 0.4) is 0 Å². The molecule has 32 heavy (non-hydrogen) atoms. The third-order valence-corrected chi connectivity index (χ3v) is 11.0. The maximum atomic E-state index is 13.3. The first-order valence-corrected chi connectivity index (χ1v) is 12.9. The molecule has 3 saturated carbocycles. The van der Waals surface area contributed by atoms with Crippen LogP contribution in [-0.2, 0) is 9.53 Å². The minimum atomic E-state index is -0.841. The summed E-state index contributed by atoms with van der Waals surface area (Å²) in [6, 6.07) is 0. The molecule has 178 valence electrons. The van der Waals surface area contributed by atoms with E-state index in [2.05, 4.69) is 46.8 Å². The van der Waals surface area contributed by atoms with Gasteiger partial charge in [-0.1, -0.05) is 46.8 Å². The molecule has 1 heterocycles. The van der Waals surface area contributed by atoms with Crippen LogP contribution in [0.4, 0.5) is 0 Å². The molecule has 12 atom stereocenters. The van der Waals surface area contributed by atoms with E-state index in [-0.39, 0.29) is 29.1 Å². The molecule has 4 heteroatoms. The van der Waals surface area contributed by atoms with Crippen molar-refractivity contribution in [2.75, 3.05) is 0 Å². The molecule has 4 aliphatic carbocycles. The fourth-order valence-corrected chi connectivity index (χ4v) is 8.90. The van der Waals surface area contributed by atoms with Crippen molar-refractivity contribution >= 4 is 5.78 Å². The van der Waals surface area contributed by atoms with Gasteiger partial charge in [-0.3, -0.25) is 4.79 Å². The van der Waals surface area contributed by atoms with E-state index in [0.29, 0.717) is 36.0 Å². The van der Waals surface area contributed by atoms with Gasteiger partial charge in [0.25, 0.3) is 0 Å². The molecule has 5 rings (SSSR count). The zero-order valence-electron chi connectivity index (χ0n) is 20.6. The van der Waals surface area contributed by atoms with Gasteiger partial charge in [0.2, 0.25) is 0 Å². The normalized spacial score (nSPS) is 53.5. The Morgan fingerprint density at radius 3 is 2.53 bits per heavy atom. The summed E-state index contributed by atoms with van der Waals surface area (Å²) in [4.78, 5) is 13.3. The number of ether oxygens (including phenoxy) is 1. The second-order valence-corrected chi connectivity index (χ2v) is 12.6. The number of hydrogen-bond donors (Lipinski definition) is 2. The summed E-state index contributed by atoms with van der Waals surface area (Å²) in [5.41, 5.74) is -1.63. The average Bonchev–Trinajstić information content (AvgIpc) is 3.37. The molecule has 0 amide bonds. The predicted molar refractivity (Wildman–Crippen MR) is 125 cm³/mol. The van der Waals surface area contributed by atoms with Gasteiger partial charge in [-0.2, -0.15) is 0 Å². The van der Waals surface area contributed by atoms with Gasteiger partial charge < -0.3 is 14.9 Å². The summed E-state index contributed by atoms with van der Waals surface area (Å²) in [5, 5.41) is 22.9. The summed E-state index contributed by atoms with van der Waals surface area (Å²) in [6.07, 6.45) is 10.5. The van der Waals surface area contributed by atoms with Gasteiger partial charge >= 0.3 is 0 Å². The van der Waals surface area contributed by atoms with E-state index < -0.39 is 23.2 Å². The number of aliphatic hydroxyl groups is 2. The molecule has 1 saturated heterocycles. The SMILES string of the molecule is CC(C)C(C)C=CC(C)C1CCC2C3CC(O)C45OC4C=CC(=O)C5(C)C3C(O)CC12C. The number of hydrogen-bond acceptors (Lipinski definition) is 4. The lowest BCUT2D eigenvalue weighted by Crippen LogP contribution is -2.68. The molecule has 0 aromatic heterocycles. The highest BCUT2D eigenvalue weighted by molar-refractivity contribution is 5.98. The highest BCUT2D eigenvalue weighted by atomic mass is 16.6. The molecule has 0 bridgehead atoms. The van der Waals surface area contributed by atoms with Gasteiger partial charge in [-0.05, 0) is 85.7 Å². The van der Waals surface area contributed by atoms with E-state index in [0.717, 1.165) is 19.3 Å². The topological polar surface area (TPSA) is 70.1 Å². The minimum absolute atomic E-state index is 0.0242. The number of aliphatic hydroxyl groups excluding tert-OH is 2. The van der Waals surface area contributed by atoms with Crippen molar-refractivity contribution in [3.8, 4) is 0 Å². The van der Waals surface area contributed by atoms with Crippen molar-refractivity contribution in [3.63, 3.8) is 0 Å². The van der Waals surface area contributed by atoms with Crippen LogP contribution in [0.15, 0.2) is 24.3 Å². The molecule has 0 aromatic rings. The first-order valence-electron chi connectivity index (χ1n) is 12.9. The van der Waals surface area contributed by atoms with Crippen LogP contribution in [0.25, 0.3) is 0 Å². The summed E-state index contributed by atoms with van der Waals surface area (Å²) in [6.45, 7) is 13.5. The number of rotatable bonds is 4. The molecule has 12 unspecified atom stereocenters. The molecule has 5 aliphatic rings. The number of epoxide rings is 1. The van der Waals surface area contributed by atoms with Crippen LogP contribution in [-0.4, -0.2) is 39.9 Å². The monoisotopic (exact) mass is 442 g/mol. The fourth-order valence-electron chi connectivity index (χ4n) is 8.90. The number of fused-ring (bicyclic) bond motifs is 4. The van der Waals surface area contributed by atoms with Gasteiger partial charge in [-0.25, -0.2) is 0 Å². The summed E-state index contributed by atoms with van der Waals surface area (Å²) >= 11 is 0. The lowest BCUT2D eigenvalue weighted by Gasteiger charge is -2.61. The van der Waals surface area contributed by atoms with E-state index in [1.54, 1.807) is 6.08 Å². The largest absolute Gasteiger partial charge is 0.393 e. The first kappa shape index (κ1) is 22.8. The van der Waals surface area contributed by atoms with Crippen molar-refractivity contribution in [3.05, 3.63) is 24.3 Å². The lowest BCUT2D eigenvalue weighted by molar-refractivity contribution is -0.197. The predicted octanol–water partition coefficient (Wildman–Crippen LogP) is 4.55. The summed E-state index contributed by atoms with van der Waals surface area (Å²) in [5.74, 6) is 2.64. The molecule has 2 N–H and O–H groups in total. The van der Waals surface area contributed by atoms with Crippen LogP contribution in [0, 0.1) is 52.3 Å². The first-order chi connectivity index (χ1) is 15.0. The highest BCUT2D eigenvalue weighted by Gasteiger charge is 2.80. The number of carbonyl (C=O) groups excluding carboxylic acids is 1. The molecular formula is C28H42O4. The second-order valence-electron chi connectivity index (χ2n) is 12.6. The van der Waals surface area contributed by atoms with E-state index in [1.807, 2.05) is 13.0 Å². The van der Waals surface area contributed by atoms with E-state index in [4.69, 9.17) is 4.74 Å². The van der Waals surface area contributed by atoms with Crippen LogP contribution in [0.5, 0.6) is 0 Å². The van der Waals surface area contributed by atoms with Crippen LogP contribution in [0.2, 0.25) is 0 Å². The van der Waals surface area contributed by atoms with Crippen molar-refractivity contribution in [1.29, 1.82) is 0 Å². The Bertz CT molecular complexity index is 846. The Labute approximate surface area is 193 Å². The van der Waals surface area contributed by atoms with Crippen LogP contribution >= 0.6 is 0 Å². The Balaban J connectivity index is 1.45. The molecular weight excluding hydrogens is 400 g/mol. The average molecular weight is 443 g/mol. The highest BCUT2D eigenvalue weighted by Crippen LogP contribution is 2.72. The number of ketones is 1. The standard InChI is InChI=1S/C28H42O4/c1-15(2)16(3)7-8-17(4)19-9-10-20-18-13-23(31)28-24(32-28)12-11-22(30)27(28,6)25(18)21(29)14-26(19,20)5/h7-8,11-12,15-21,23-25,29,31H,9-10,13-14H2,1-6H3. The maximum absolute atomic E-state index is 13.3. The van der Waals surface area contributed by atoms with Gasteiger partial charge in [-0.15, -0.1) is 0 Å². The van der Waals surface area contributed by atoms with Gasteiger partial charge in [0, 0.05) is 5.92 Å². The van der Waals surface area contributed by atoms with E-state index in [9.17, 15) is 15.0 Å². The zero-order chi connectivity index (χ0) is 23.2. The lowest BCUT2D eigenvalue weighted by atomic mass is 9.43. The second kappa shape index (κ2) is 7.26. The molecule has 1 aliphatic heterocycles. The van der Waals surface area contributed by atoms with Crippen molar-refractivity contribution in [1.82, 2.24) is 0 Å². The number of carbonyl (C=O) groups is 1. The Kier molecular flexibility index (Phi) is 5.18. The Morgan fingerprint density at radius 1 is 1.12 bits per heavy atom. The maximum Gasteiger partial charge on any atom is 0.164 e. The van der Waals surface area contributed by atoms with Crippen molar-refractivity contribution in [2.45, 2.75) is 91.1 Å². The summed E-state index contributed by atoms with van der Waals surface area (Å²) in [7, 11) is 0. The minimum Gasteiger partial charge on any atom is -0.393 e. The van der Waals surface area contributed by atoms with E-state index in [1.165, 1.54) is 0 Å². The van der Waals surface area contributed by atoms with Crippen molar-refractivity contribution in [2.24, 2.45) is 52.3 Å². The van der Waals surface area contributed by atoms with Crippen molar-refractivity contribution < 1.29 is 19.7 Å². The Hall–Kier alpha value is -0.970. The third-order valence-electron chi connectivity index (χ3n) is 11.0. The van der Waals surface area contributed by atoms with Crippen LogP contribution in [0.1, 0.15) is 67.2 Å². The summed E-state index contributed by atoms with van der Waals surface area (Å²) < 4.78 is 6.04. The molecule has 4 nitrogen and oxygen atoms in total. The van der Waals surface area contributed by atoms with Gasteiger partial charge in [0.1, 0.15) is 11.7 Å². The molecule has 1 spiro atoms. The molecule has 0 aromatic carbocycles. The van der Waals surface area contributed by atoms with Crippen LogP contribution < -0.4 is 0 Å². The molecule has 0 radical (unpaired) electrons.